The lowest BCUT2D eigenvalue weighted by atomic mass is 10.2. The van der Waals surface area contributed by atoms with Crippen LogP contribution in [0.25, 0.3) is 0 Å². The Morgan fingerprint density at radius 2 is 2.10 bits per heavy atom. The predicted molar refractivity (Wildman–Crippen MR) is 80.1 cm³/mol. The van der Waals surface area contributed by atoms with Gasteiger partial charge in [0.15, 0.2) is 5.76 Å². The van der Waals surface area contributed by atoms with Crippen LogP contribution in [0, 0.1) is 0 Å². The van der Waals surface area contributed by atoms with Crippen LogP contribution in [-0.2, 0) is 9.53 Å². The van der Waals surface area contributed by atoms with Gasteiger partial charge >= 0.3 is 0 Å². The molecule has 1 aromatic carbocycles. The lowest BCUT2D eigenvalue weighted by Gasteiger charge is -2.14. The summed E-state index contributed by atoms with van der Waals surface area (Å²) < 4.78 is 10.7. The highest BCUT2D eigenvalue weighted by atomic mass is 35.5. The number of rotatable bonds is 5. The van der Waals surface area contributed by atoms with E-state index in [1.807, 2.05) is 6.08 Å². The summed E-state index contributed by atoms with van der Waals surface area (Å²) in [4.78, 5) is 11.9. The minimum atomic E-state index is -0.213. The number of allylic oxidation sites excluding steroid dienone is 1. The van der Waals surface area contributed by atoms with Crippen LogP contribution in [0.4, 0.5) is 5.69 Å². The number of benzene rings is 1. The molecule has 1 heterocycles. The normalized spacial score (nSPS) is 13.6. The van der Waals surface area contributed by atoms with Gasteiger partial charge in [-0.2, -0.15) is 0 Å². The summed E-state index contributed by atoms with van der Waals surface area (Å²) in [7, 11) is 0. The Bertz CT molecular complexity index is 460. The molecule has 20 heavy (non-hydrogen) atoms. The van der Waals surface area contributed by atoms with Crippen LogP contribution in [0.3, 0.4) is 0 Å². The van der Waals surface area contributed by atoms with Crippen molar-refractivity contribution in [3.8, 4) is 5.75 Å². The predicted octanol–water partition coefficient (Wildman–Crippen LogP) is 2.08. The second-order valence-electron chi connectivity index (χ2n) is 4.17. The van der Waals surface area contributed by atoms with Crippen molar-refractivity contribution >= 4 is 24.0 Å². The zero-order valence-corrected chi connectivity index (χ0v) is 11.9. The molecular formula is C14H19ClN2O3. The van der Waals surface area contributed by atoms with Gasteiger partial charge in [0.1, 0.15) is 12.4 Å². The van der Waals surface area contributed by atoms with Crippen LogP contribution >= 0.6 is 12.4 Å². The number of anilines is 1. The Morgan fingerprint density at radius 3 is 2.70 bits per heavy atom. The second-order valence-corrected chi connectivity index (χ2v) is 4.17. The molecule has 3 N–H and O–H groups in total. The molecule has 0 aliphatic carbocycles. The van der Waals surface area contributed by atoms with Gasteiger partial charge in [-0.1, -0.05) is 0 Å². The van der Waals surface area contributed by atoms with Gasteiger partial charge in [-0.3, -0.25) is 4.79 Å². The fourth-order valence-electron chi connectivity index (χ4n) is 1.72. The topological polar surface area (TPSA) is 73.6 Å². The molecule has 0 unspecified atom stereocenters. The van der Waals surface area contributed by atoms with Gasteiger partial charge in [0, 0.05) is 12.2 Å². The number of nitrogens with one attached hydrogen (secondary N) is 1. The molecule has 0 fully saturated rings. The summed E-state index contributed by atoms with van der Waals surface area (Å²) in [5, 5.41) is 2.78. The molecule has 0 saturated heterocycles. The Labute approximate surface area is 124 Å². The summed E-state index contributed by atoms with van der Waals surface area (Å²) in [6.07, 6.45) is 3.66. The number of carbonyl (C=O) groups is 1. The van der Waals surface area contributed by atoms with Crippen LogP contribution in [-0.4, -0.2) is 25.7 Å². The maximum atomic E-state index is 11.9. The van der Waals surface area contributed by atoms with Crippen LogP contribution in [0.1, 0.15) is 12.8 Å². The standard InChI is InChI=1S/C14H18N2O3.ClH/c15-8-10-18-12-6-4-11(5-7-12)16-14(17)13-3-1-2-9-19-13;/h3-7H,1-2,8-10,15H2,(H,16,17);1H. The summed E-state index contributed by atoms with van der Waals surface area (Å²) in [6.45, 7) is 1.56. The number of halogens is 1. The summed E-state index contributed by atoms with van der Waals surface area (Å²) in [6, 6.07) is 7.16. The molecule has 1 amide bonds. The highest BCUT2D eigenvalue weighted by Gasteiger charge is 2.13. The quantitative estimate of drug-likeness (QED) is 0.873. The van der Waals surface area contributed by atoms with Gasteiger partial charge in [-0.05, 0) is 43.2 Å². The van der Waals surface area contributed by atoms with E-state index in [4.69, 9.17) is 15.2 Å². The third kappa shape index (κ3) is 4.75. The molecule has 5 nitrogen and oxygen atoms in total. The van der Waals surface area contributed by atoms with E-state index in [1.165, 1.54) is 0 Å². The van der Waals surface area contributed by atoms with Crippen LogP contribution in [0.2, 0.25) is 0 Å². The Morgan fingerprint density at radius 1 is 1.35 bits per heavy atom. The Balaban J connectivity index is 0.00000200. The SMILES string of the molecule is Cl.NCCOc1ccc(NC(=O)C2=CCCCO2)cc1. The molecule has 0 saturated carbocycles. The first-order chi connectivity index (χ1) is 9.29. The highest BCUT2D eigenvalue weighted by Crippen LogP contribution is 2.17. The van der Waals surface area contributed by atoms with Crippen molar-refractivity contribution in [2.75, 3.05) is 25.1 Å². The van der Waals surface area contributed by atoms with Gasteiger partial charge < -0.3 is 20.5 Å². The molecule has 0 bridgehead atoms. The minimum Gasteiger partial charge on any atom is -0.492 e. The smallest absolute Gasteiger partial charge is 0.290 e. The summed E-state index contributed by atoms with van der Waals surface area (Å²) in [5.74, 6) is 0.918. The number of carbonyl (C=O) groups excluding carboxylic acids is 1. The van der Waals surface area contributed by atoms with Crippen molar-refractivity contribution in [2.24, 2.45) is 5.73 Å². The van der Waals surface area contributed by atoms with E-state index in [9.17, 15) is 4.79 Å². The number of amides is 1. The van der Waals surface area contributed by atoms with Gasteiger partial charge in [0.2, 0.25) is 0 Å². The molecule has 0 atom stereocenters. The molecule has 6 heteroatoms. The lowest BCUT2D eigenvalue weighted by molar-refractivity contribution is -0.116. The second kappa shape index (κ2) is 8.45. The van der Waals surface area contributed by atoms with Crippen molar-refractivity contribution in [3.63, 3.8) is 0 Å². The number of hydrogen-bond acceptors (Lipinski definition) is 4. The number of nitrogens with two attached hydrogens (primary N) is 1. The van der Waals surface area contributed by atoms with E-state index in [0.717, 1.165) is 18.6 Å². The van der Waals surface area contributed by atoms with Crippen molar-refractivity contribution in [1.29, 1.82) is 0 Å². The van der Waals surface area contributed by atoms with Crippen molar-refractivity contribution in [1.82, 2.24) is 0 Å². The summed E-state index contributed by atoms with van der Waals surface area (Å²) >= 11 is 0. The van der Waals surface area contributed by atoms with E-state index in [0.29, 0.717) is 31.2 Å². The third-order valence-corrected chi connectivity index (χ3v) is 2.66. The maximum absolute atomic E-state index is 11.9. The van der Waals surface area contributed by atoms with Gasteiger partial charge in [-0.25, -0.2) is 0 Å². The molecule has 0 spiro atoms. The fraction of sp³-hybridized carbons (Fsp3) is 0.357. The van der Waals surface area contributed by atoms with E-state index < -0.39 is 0 Å². The van der Waals surface area contributed by atoms with Crippen LogP contribution < -0.4 is 15.8 Å². The molecule has 1 aromatic rings. The fourth-order valence-corrected chi connectivity index (χ4v) is 1.72. The zero-order valence-electron chi connectivity index (χ0n) is 11.1. The Hall–Kier alpha value is -1.72. The average Bonchev–Trinajstić information content (AvgIpc) is 2.47. The Kier molecular flexibility index (Phi) is 6.90. The first-order valence-corrected chi connectivity index (χ1v) is 6.37. The molecule has 0 aromatic heterocycles. The first-order valence-electron chi connectivity index (χ1n) is 6.37. The monoisotopic (exact) mass is 298 g/mol. The third-order valence-electron chi connectivity index (χ3n) is 2.66. The van der Waals surface area contributed by atoms with Crippen LogP contribution in [0.5, 0.6) is 5.75 Å². The van der Waals surface area contributed by atoms with Crippen molar-refractivity contribution in [2.45, 2.75) is 12.8 Å². The molecular weight excluding hydrogens is 280 g/mol. The van der Waals surface area contributed by atoms with Crippen molar-refractivity contribution in [3.05, 3.63) is 36.1 Å². The van der Waals surface area contributed by atoms with Gasteiger partial charge in [0.05, 0.1) is 6.61 Å². The lowest BCUT2D eigenvalue weighted by Crippen LogP contribution is -2.18. The largest absolute Gasteiger partial charge is 0.492 e. The average molecular weight is 299 g/mol. The van der Waals surface area contributed by atoms with Crippen molar-refractivity contribution < 1.29 is 14.3 Å². The highest BCUT2D eigenvalue weighted by molar-refractivity contribution is 6.02. The molecule has 0 radical (unpaired) electrons. The number of ether oxygens (including phenoxy) is 2. The molecule has 1 aliphatic heterocycles. The first kappa shape index (κ1) is 16.3. The summed E-state index contributed by atoms with van der Waals surface area (Å²) in [5.41, 5.74) is 6.06. The van der Waals surface area contributed by atoms with E-state index in [-0.39, 0.29) is 18.3 Å². The van der Waals surface area contributed by atoms with E-state index >= 15 is 0 Å². The molecule has 110 valence electrons. The van der Waals surface area contributed by atoms with E-state index in [2.05, 4.69) is 5.32 Å². The maximum Gasteiger partial charge on any atom is 0.290 e. The number of hydrogen-bond donors (Lipinski definition) is 2. The van der Waals surface area contributed by atoms with Gasteiger partial charge in [0.25, 0.3) is 5.91 Å². The molecule has 1 aliphatic rings. The molecule has 2 rings (SSSR count). The van der Waals surface area contributed by atoms with E-state index in [1.54, 1.807) is 24.3 Å². The van der Waals surface area contributed by atoms with Crippen LogP contribution in [0.15, 0.2) is 36.1 Å². The zero-order chi connectivity index (χ0) is 13.5. The van der Waals surface area contributed by atoms with Gasteiger partial charge in [-0.15, -0.1) is 12.4 Å². The minimum absolute atomic E-state index is 0.